The Morgan fingerprint density at radius 2 is 1.95 bits per heavy atom. The van der Waals surface area contributed by atoms with Crippen LogP contribution in [0.4, 0.5) is 10.5 Å². The fourth-order valence-corrected chi connectivity index (χ4v) is 1.86. The maximum Gasteiger partial charge on any atom is 0.417 e. The van der Waals surface area contributed by atoms with E-state index in [9.17, 15) is 4.79 Å². The first-order chi connectivity index (χ1) is 9.67. The summed E-state index contributed by atoms with van der Waals surface area (Å²) in [6.07, 6.45) is 0.317. The number of aryl methyl sites for hydroxylation is 1. The number of ether oxygens (including phenoxy) is 1. The van der Waals surface area contributed by atoms with Crippen LogP contribution >= 0.6 is 0 Å². The van der Waals surface area contributed by atoms with Gasteiger partial charge in [-0.25, -0.2) is 4.79 Å². The molecule has 0 saturated heterocycles. The fourth-order valence-electron chi connectivity index (χ4n) is 1.86. The van der Waals surface area contributed by atoms with Crippen molar-refractivity contribution in [3.05, 3.63) is 59.7 Å². The van der Waals surface area contributed by atoms with Crippen molar-refractivity contribution in [2.45, 2.75) is 13.3 Å². The average Bonchev–Trinajstić information content (AvgIpc) is 2.41. The highest BCUT2D eigenvalue weighted by atomic mass is 16.6. The Morgan fingerprint density at radius 3 is 2.60 bits per heavy atom. The molecule has 2 rings (SSSR count). The number of rotatable bonds is 4. The first kappa shape index (κ1) is 14.1. The van der Waals surface area contributed by atoms with Crippen LogP contribution in [0.5, 0.6) is 5.75 Å². The first-order valence-electron chi connectivity index (χ1n) is 6.52. The molecule has 104 valence electrons. The van der Waals surface area contributed by atoms with Gasteiger partial charge in [-0.3, -0.25) is 5.32 Å². The molecule has 2 aromatic rings. The van der Waals surface area contributed by atoms with E-state index in [0.717, 1.165) is 23.2 Å². The summed E-state index contributed by atoms with van der Waals surface area (Å²) in [6.45, 7) is 2.57. The molecule has 0 atom stereocenters. The minimum Gasteiger partial charge on any atom is -0.410 e. The van der Waals surface area contributed by atoms with Gasteiger partial charge in [-0.2, -0.15) is 0 Å². The molecule has 0 aliphatic rings. The van der Waals surface area contributed by atoms with Crippen LogP contribution in [0.1, 0.15) is 11.1 Å². The van der Waals surface area contributed by atoms with Crippen LogP contribution in [0.2, 0.25) is 0 Å². The number of hydrogen-bond acceptors (Lipinski definition) is 3. The molecule has 0 unspecified atom stereocenters. The van der Waals surface area contributed by atoms with Crippen molar-refractivity contribution in [1.29, 1.82) is 0 Å². The Hall–Kier alpha value is -2.33. The van der Waals surface area contributed by atoms with E-state index in [1.165, 1.54) is 0 Å². The van der Waals surface area contributed by atoms with Crippen LogP contribution < -0.4 is 15.8 Å². The molecule has 0 spiro atoms. The topological polar surface area (TPSA) is 64.3 Å². The van der Waals surface area contributed by atoms with Gasteiger partial charge in [-0.1, -0.05) is 24.3 Å². The number of nitrogens with two attached hydrogens (primary N) is 1. The smallest absolute Gasteiger partial charge is 0.410 e. The van der Waals surface area contributed by atoms with Gasteiger partial charge in [0.1, 0.15) is 5.75 Å². The highest BCUT2D eigenvalue weighted by Crippen LogP contribution is 2.14. The number of nitrogens with one attached hydrogen (secondary N) is 1. The molecular formula is C16H18N2O2. The van der Waals surface area contributed by atoms with Crippen LogP contribution in [0.3, 0.4) is 0 Å². The van der Waals surface area contributed by atoms with Crippen LogP contribution in [0, 0.1) is 6.92 Å². The van der Waals surface area contributed by atoms with Crippen molar-refractivity contribution in [1.82, 2.24) is 0 Å². The summed E-state index contributed by atoms with van der Waals surface area (Å²) in [5.74, 6) is 0.510. The van der Waals surface area contributed by atoms with Crippen molar-refractivity contribution in [3.8, 4) is 5.75 Å². The number of anilines is 1. The predicted molar refractivity (Wildman–Crippen MR) is 80.0 cm³/mol. The van der Waals surface area contributed by atoms with Crippen LogP contribution in [-0.2, 0) is 6.42 Å². The zero-order chi connectivity index (χ0) is 14.4. The maximum atomic E-state index is 11.8. The number of carbonyl (C=O) groups excluding carboxylic acids is 1. The van der Waals surface area contributed by atoms with E-state index in [-0.39, 0.29) is 0 Å². The molecule has 0 radical (unpaired) electrons. The maximum absolute atomic E-state index is 11.8. The lowest BCUT2D eigenvalue weighted by Gasteiger charge is -2.07. The summed E-state index contributed by atoms with van der Waals surface area (Å²) in [5, 5.41) is 2.69. The van der Waals surface area contributed by atoms with Gasteiger partial charge in [0.25, 0.3) is 0 Å². The largest absolute Gasteiger partial charge is 0.417 e. The molecule has 0 aliphatic carbocycles. The number of carbonyl (C=O) groups is 1. The summed E-state index contributed by atoms with van der Waals surface area (Å²) < 4.78 is 5.21. The van der Waals surface area contributed by atoms with Gasteiger partial charge in [0.05, 0.1) is 0 Å². The summed E-state index contributed by atoms with van der Waals surface area (Å²) in [4.78, 5) is 11.8. The third kappa shape index (κ3) is 4.10. The molecule has 0 saturated carbocycles. The third-order valence-electron chi connectivity index (χ3n) is 2.83. The second kappa shape index (κ2) is 6.73. The van der Waals surface area contributed by atoms with Gasteiger partial charge < -0.3 is 10.5 Å². The lowest BCUT2D eigenvalue weighted by Crippen LogP contribution is -2.16. The van der Waals surface area contributed by atoms with Crippen molar-refractivity contribution in [3.63, 3.8) is 0 Å². The zero-order valence-electron chi connectivity index (χ0n) is 11.4. The highest BCUT2D eigenvalue weighted by molar-refractivity contribution is 5.86. The minimum atomic E-state index is -0.498. The third-order valence-corrected chi connectivity index (χ3v) is 2.83. The van der Waals surface area contributed by atoms with Crippen LogP contribution in [0.15, 0.2) is 48.5 Å². The standard InChI is InChI=1S/C16H18N2O2/c1-12-3-2-4-14(11-12)18-16(19)20-15-7-5-13(6-8-15)9-10-17/h2-8,11H,9-10,17H2,1H3,(H,18,19). The van der Waals surface area contributed by atoms with Crippen molar-refractivity contribution in [2.75, 3.05) is 11.9 Å². The van der Waals surface area contributed by atoms with Gasteiger partial charge in [0, 0.05) is 5.69 Å². The van der Waals surface area contributed by atoms with E-state index in [1.54, 1.807) is 12.1 Å². The second-order valence-corrected chi connectivity index (χ2v) is 4.57. The fraction of sp³-hybridized carbons (Fsp3) is 0.188. The SMILES string of the molecule is Cc1cccc(NC(=O)Oc2ccc(CCN)cc2)c1. The molecule has 1 amide bonds. The lowest BCUT2D eigenvalue weighted by atomic mass is 10.1. The van der Waals surface area contributed by atoms with Crippen LogP contribution in [0.25, 0.3) is 0 Å². The summed E-state index contributed by atoms with van der Waals surface area (Å²) >= 11 is 0. The molecule has 0 bridgehead atoms. The molecule has 20 heavy (non-hydrogen) atoms. The molecule has 3 N–H and O–H groups in total. The molecule has 0 fully saturated rings. The normalized spacial score (nSPS) is 10.1. The van der Waals surface area contributed by atoms with Gasteiger partial charge in [-0.05, 0) is 55.3 Å². The molecule has 0 aromatic heterocycles. The van der Waals surface area contributed by atoms with E-state index in [1.807, 2.05) is 43.3 Å². The zero-order valence-corrected chi connectivity index (χ0v) is 11.4. The molecule has 2 aromatic carbocycles. The van der Waals surface area contributed by atoms with E-state index >= 15 is 0 Å². The Balaban J connectivity index is 1.94. The molecule has 0 heterocycles. The van der Waals surface area contributed by atoms with E-state index in [4.69, 9.17) is 10.5 Å². The van der Waals surface area contributed by atoms with Gasteiger partial charge in [0.2, 0.25) is 0 Å². The highest BCUT2D eigenvalue weighted by Gasteiger charge is 2.05. The average molecular weight is 270 g/mol. The molecular weight excluding hydrogens is 252 g/mol. The predicted octanol–water partition coefficient (Wildman–Crippen LogP) is 3.11. The van der Waals surface area contributed by atoms with E-state index in [0.29, 0.717) is 12.3 Å². The van der Waals surface area contributed by atoms with E-state index < -0.39 is 6.09 Å². The first-order valence-corrected chi connectivity index (χ1v) is 6.52. The molecule has 0 aliphatic heterocycles. The Kier molecular flexibility index (Phi) is 4.74. The van der Waals surface area contributed by atoms with Crippen molar-refractivity contribution in [2.24, 2.45) is 5.73 Å². The summed E-state index contributed by atoms with van der Waals surface area (Å²) in [6, 6.07) is 14.9. The number of hydrogen-bond donors (Lipinski definition) is 2. The lowest BCUT2D eigenvalue weighted by molar-refractivity contribution is 0.215. The van der Waals surface area contributed by atoms with Gasteiger partial charge >= 0.3 is 6.09 Å². The molecule has 4 heteroatoms. The Bertz CT molecular complexity index is 579. The number of benzene rings is 2. The Morgan fingerprint density at radius 1 is 1.20 bits per heavy atom. The summed E-state index contributed by atoms with van der Waals surface area (Å²) in [7, 11) is 0. The second-order valence-electron chi connectivity index (χ2n) is 4.57. The van der Waals surface area contributed by atoms with Crippen molar-refractivity contribution >= 4 is 11.8 Å². The van der Waals surface area contributed by atoms with Crippen LogP contribution in [-0.4, -0.2) is 12.6 Å². The van der Waals surface area contributed by atoms with Gasteiger partial charge in [0.15, 0.2) is 0 Å². The minimum absolute atomic E-state index is 0.498. The van der Waals surface area contributed by atoms with Crippen molar-refractivity contribution < 1.29 is 9.53 Å². The number of amides is 1. The van der Waals surface area contributed by atoms with Gasteiger partial charge in [-0.15, -0.1) is 0 Å². The Labute approximate surface area is 118 Å². The quantitative estimate of drug-likeness (QED) is 0.897. The molecule has 4 nitrogen and oxygen atoms in total. The summed E-state index contributed by atoms with van der Waals surface area (Å²) in [5.41, 5.74) is 8.40. The monoisotopic (exact) mass is 270 g/mol. The van der Waals surface area contributed by atoms with E-state index in [2.05, 4.69) is 5.32 Å².